The first-order valence-corrected chi connectivity index (χ1v) is 7.88. The molecule has 0 saturated heterocycles. The molecule has 0 aliphatic rings. The van der Waals surface area contributed by atoms with E-state index in [0.29, 0.717) is 11.5 Å². The minimum absolute atomic E-state index is 0.146. The second-order valence-electron chi connectivity index (χ2n) is 5.58. The lowest BCUT2D eigenvalue weighted by atomic mass is 10.1. The fourth-order valence-electron chi connectivity index (χ4n) is 2.34. The summed E-state index contributed by atoms with van der Waals surface area (Å²) in [6.45, 7) is 4.18. The highest BCUT2D eigenvalue weighted by molar-refractivity contribution is 5.85. The standard InChI is InChI=1S/C19H23N3O3/c1-13-5-7-16(14(2)9-13)20-12-19(23)22-21-11-15-6-8-17(24-3)18(10-15)25-4/h5-11,20H,12H2,1-4H3,(H,22,23)/b21-11-. The van der Waals surface area contributed by atoms with Crippen molar-refractivity contribution >= 4 is 17.8 Å². The van der Waals surface area contributed by atoms with Crippen molar-refractivity contribution in [2.45, 2.75) is 13.8 Å². The number of nitrogens with zero attached hydrogens (tertiary/aromatic N) is 1. The Balaban J connectivity index is 1.88. The zero-order valence-corrected chi connectivity index (χ0v) is 14.9. The van der Waals surface area contributed by atoms with Crippen molar-refractivity contribution in [1.82, 2.24) is 5.43 Å². The smallest absolute Gasteiger partial charge is 0.259 e. The molecule has 0 aliphatic heterocycles. The van der Waals surface area contributed by atoms with E-state index in [4.69, 9.17) is 9.47 Å². The fraction of sp³-hybridized carbons (Fsp3) is 0.263. The molecule has 25 heavy (non-hydrogen) atoms. The van der Waals surface area contributed by atoms with Gasteiger partial charge in [0, 0.05) is 5.69 Å². The van der Waals surface area contributed by atoms with E-state index < -0.39 is 0 Å². The van der Waals surface area contributed by atoms with E-state index in [2.05, 4.69) is 21.9 Å². The summed E-state index contributed by atoms with van der Waals surface area (Å²) in [5, 5.41) is 7.06. The van der Waals surface area contributed by atoms with Crippen LogP contribution in [0.5, 0.6) is 11.5 Å². The summed E-state index contributed by atoms with van der Waals surface area (Å²) in [4.78, 5) is 11.9. The van der Waals surface area contributed by atoms with Crippen LogP contribution in [-0.4, -0.2) is 32.9 Å². The lowest BCUT2D eigenvalue weighted by molar-refractivity contribution is -0.119. The van der Waals surface area contributed by atoms with Gasteiger partial charge in [-0.2, -0.15) is 5.10 Å². The van der Waals surface area contributed by atoms with Gasteiger partial charge in [-0.1, -0.05) is 17.7 Å². The summed E-state index contributed by atoms with van der Waals surface area (Å²) in [5.41, 5.74) is 6.51. The van der Waals surface area contributed by atoms with E-state index in [-0.39, 0.29) is 12.5 Å². The number of hydrogen-bond acceptors (Lipinski definition) is 5. The number of methoxy groups -OCH3 is 2. The number of rotatable bonds is 7. The average Bonchev–Trinajstić information content (AvgIpc) is 2.60. The lowest BCUT2D eigenvalue weighted by Crippen LogP contribution is -2.26. The minimum Gasteiger partial charge on any atom is -0.493 e. The zero-order chi connectivity index (χ0) is 18.2. The minimum atomic E-state index is -0.225. The van der Waals surface area contributed by atoms with Crippen LogP contribution in [-0.2, 0) is 4.79 Å². The largest absolute Gasteiger partial charge is 0.493 e. The van der Waals surface area contributed by atoms with Crippen LogP contribution in [0.2, 0.25) is 0 Å². The number of hydrazone groups is 1. The van der Waals surface area contributed by atoms with Crippen LogP contribution in [0.1, 0.15) is 16.7 Å². The average molecular weight is 341 g/mol. The van der Waals surface area contributed by atoms with Gasteiger partial charge in [-0.05, 0) is 49.2 Å². The van der Waals surface area contributed by atoms with Crippen molar-refractivity contribution < 1.29 is 14.3 Å². The molecule has 0 heterocycles. The summed E-state index contributed by atoms with van der Waals surface area (Å²) in [7, 11) is 3.15. The van der Waals surface area contributed by atoms with Crippen molar-refractivity contribution in [1.29, 1.82) is 0 Å². The lowest BCUT2D eigenvalue weighted by Gasteiger charge is -2.09. The quantitative estimate of drug-likeness (QED) is 0.600. The number of benzene rings is 2. The Morgan fingerprint density at radius 1 is 1.08 bits per heavy atom. The Kier molecular flexibility index (Phi) is 6.39. The molecule has 0 aliphatic carbocycles. The molecule has 2 aromatic carbocycles. The van der Waals surface area contributed by atoms with Crippen LogP contribution in [0.4, 0.5) is 5.69 Å². The summed E-state index contributed by atoms with van der Waals surface area (Å²) < 4.78 is 10.4. The van der Waals surface area contributed by atoms with E-state index in [1.165, 1.54) is 5.56 Å². The third kappa shape index (κ3) is 5.24. The van der Waals surface area contributed by atoms with Gasteiger partial charge in [0.05, 0.1) is 27.0 Å². The molecule has 0 spiro atoms. The van der Waals surface area contributed by atoms with E-state index in [9.17, 15) is 4.79 Å². The van der Waals surface area contributed by atoms with Gasteiger partial charge in [0.1, 0.15) is 0 Å². The molecule has 2 N–H and O–H groups in total. The number of hydrogen-bond donors (Lipinski definition) is 2. The first kappa shape index (κ1) is 18.3. The number of ether oxygens (including phenoxy) is 2. The van der Waals surface area contributed by atoms with Crippen molar-refractivity contribution in [3.8, 4) is 11.5 Å². The van der Waals surface area contributed by atoms with Crippen LogP contribution in [0.15, 0.2) is 41.5 Å². The van der Waals surface area contributed by atoms with E-state index in [1.54, 1.807) is 32.6 Å². The van der Waals surface area contributed by atoms with Crippen molar-refractivity contribution in [3.05, 3.63) is 53.1 Å². The SMILES string of the molecule is COc1ccc(/C=N\NC(=O)CNc2ccc(C)cc2C)cc1OC. The third-order valence-electron chi connectivity index (χ3n) is 3.63. The highest BCUT2D eigenvalue weighted by Gasteiger charge is 2.04. The van der Waals surface area contributed by atoms with Crippen LogP contribution in [0, 0.1) is 13.8 Å². The van der Waals surface area contributed by atoms with Crippen molar-refractivity contribution in [2.75, 3.05) is 26.1 Å². The molecule has 0 unspecified atom stereocenters. The van der Waals surface area contributed by atoms with Crippen LogP contribution < -0.4 is 20.2 Å². The Hall–Kier alpha value is -3.02. The summed E-state index contributed by atoms with van der Waals surface area (Å²) in [6, 6.07) is 11.4. The van der Waals surface area contributed by atoms with Gasteiger partial charge in [0.25, 0.3) is 5.91 Å². The predicted molar refractivity (Wildman–Crippen MR) is 99.7 cm³/mol. The van der Waals surface area contributed by atoms with Gasteiger partial charge in [0.15, 0.2) is 11.5 Å². The molecule has 2 aromatic rings. The molecular weight excluding hydrogens is 318 g/mol. The molecule has 0 fully saturated rings. The van der Waals surface area contributed by atoms with Crippen molar-refractivity contribution in [3.63, 3.8) is 0 Å². The second-order valence-corrected chi connectivity index (χ2v) is 5.58. The number of aryl methyl sites for hydroxylation is 2. The van der Waals surface area contributed by atoms with Gasteiger partial charge >= 0.3 is 0 Å². The number of amides is 1. The van der Waals surface area contributed by atoms with Gasteiger partial charge < -0.3 is 14.8 Å². The van der Waals surface area contributed by atoms with Gasteiger partial charge in [0.2, 0.25) is 0 Å². The van der Waals surface area contributed by atoms with Gasteiger partial charge in [-0.3, -0.25) is 4.79 Å². The number of carbonyl (C=O) groups excluding carboxylic acids is 1. The second kappa shape index (κ2) is 8.73. The molecular formula is C19H23N3O3. The van der Waals surface area contributed by atoms with E-state index in [0.717, 1.165) is 16.8 Å². The summed E-state index contributed by atoms with van der Waals surface area (Å²) >= 11 is 0. The molecule has 0 saturated carbocycles. The number of anilines is 1. The molecule has 0 bridgehead atoms. The predicted octanol–water partition coefficient (Wildman–Crippen LogP) is 2.88. The molecule has 0 aromatic heterocycles. The van der Waals surface area contributed by atoms with Crippen LogP contribution in [0.3, 0.4) is 0 Å². The van der Waals surface area contributed by atoms with Crippen LogP contribution in [0.25, 0.3) is 0 Å². The maximum absolute atomic E-state index is 11.9. The summed E-state index contributed by atoms with van der Waals surface area (Å²) in [6.07, 6.45) is 1.55. The molecule has 0 atom stereocenters. The topological polar surface area (TPSA) is 72.0 Å². The first-order valence-electron chi connectivity index (χ1n) is 7.88. The third-order valence-corrected chi connectivity index (χ3v) is 3.63. The maximum Gasteiger partial charge on any atom is 0.259 e. The van der Waals surface area contributed by atoms with Gasteiger partial charge in [-0.15, -0.1) is 0 Å². The fourth-order valence-corrected chi connectivity index (χ4v) is 2.34. The van der Waals surface area contributed by atoms with Crippen molar-refractivity contribution in [2.24, 2.45) is 5.10 Å². The Labute approximate surface area is 147 Å². The summed E-state index contributed by atoms with van der Waals surface area (Å²) in [5.74, 6) is 1.02. The number of carbonyl (C=O) groups is 1. The molecule has 132 valence electrons. The maximum atomic E-state index is 11.9. The Morgan fingerprint density at radius 2 is 1.84 bits per heavy atom. The molecule has 6 heteroatoms. The van der Waals surface area contributed by atoms with E-state index in [1.807, 2.05) is 32.0 Å². The molecule has 6 nitrogen and oxygen atoms in total. The Bertz CT molecular complexity index is 773. The normalized spacial score (nSPS) is 10.6. The monoisotopic (exact) mass is 341 g/mol. The molecule has 2 rings (SSSR count). The van der Waals surface area contributed by atoms with Gasteiger partial charge in [-0.25, -0.2) is 5.43 Å². The Morgan fingerprint density at radius 3 is 2.52 bits per heavy atom. The molecule has 1 amide bonds. The highest BCUT2D eigenvalue weighted by Crippen LogP contribution is 2.26. The number of nitrogens with one attached hydrogen (secondary N) is 2. The van der Waals surface area contributed by atoms with Crippen LogP contribution >= 0.6 is 0 Å². The highest BCUT2D eigenvalue weighted by atomic mass is 16.5. The zero-order valence-electron chi connectivity index (χ0n) is 14.9. The molecule has 0 radical (unpaired) electrons. The van der Waals surface area contributed by atoms with E-state index >= 15 is 0 Å². The first-order chi connectivity index (χ1) is 12.0.